The quantitative estimate of drug-likeness (QED) is 0.642. The van der Waals surface area contributed by atoms with Gasteiger partial charge < -0.3 is 0 Å². The van der Waals surface area contributed by atoms with Crippen molar-refractivity contribution >= 4 is 23.0 Å². The Morgan fingerprint density at radius 3 is 2.54 bits per heavy atom. The Labute approximate surface area is 82.8 Å². The maximum Gasteiger partial charge on any atom is 0.0633 e. The molecular formula is C11H10ClN. The Bertz CT molecular complexity index is 352. The summed E-state index contributed by atoms with van der Waals surface area (Å²) in [6, 6.07) is 9.90. The number of nitrogens with zero attached hydrogens (tertiary/aromatic N) is 1. The second kappa shape index (κ2) is 3.75. The molecule has 0 atom stereocenters. The smallest absolute Gasteiger partial charge is 0.0633 e. The van der Waals surface area contributed by atoms with Crippen LogP contribution in [-0.2, 0) is 0 Å². The van der Waals surface area contributed by atoms with Crippen LogP contribution in [0.2, 0.25) is 0 Å². The minimum Gasteiger partial charge on any atom is -0.252 e. The number of halogens is 1. The SMILES string of the molecule is ClC1=CCCC1=Nc1ccccc1. The van der Waals surface area contributed by atoms with Crippen LogP contribution in [0.4, 0.5) is 5.69 Å². The number of aliphatic imine (C=N–C) groups is 1. The molecule has 0 unspecified atom stereocenters. The van der Waals surface area contributed by atoms with Crippen LogP contribution in [-0.4, -0.2) is 5.71 Å². The van der Waals surface area contributed by atoms with Gasteiger partial charge in [-0.25, -0.2) is 0 Å². The lowest BCUT2D eigenvalue weighted by Gasteiger charge is -1.96. The predicted molar refractivity (Wildman–Crippen MR) is 56.7 cm³/mol. The van der Waals surface area contributed by atoms with Crippen molar-refractivity contribution in [2.75, 3.05) is 0 Å². The maximum absolute atomic E-state index is 5.96. The highest BCUT2D eigenvalue weighted by molar-refractivity contribution is 6.44. The summed E-state index contributed by atoms with van der Waals surface area (Å²) in [5.74, 6) is 0. The van der Waals surface area contributed by atoms with Crippen LogP contribution in [0.3, 0.4) is 0 Å². The second-order valence-electron chi connectivity index (χ2n) is 2.98. The molecule has 1 nitrogen and oxygen atoms in total. The van der Waals surface area contributed by atoms with E-state index in [1.54, 1.807) is 0 Å². The van der Waals surface area contributed by atoms with Crippen molar-refractivity contribution in [3.8, 4) is 0 Å². The molecule has 0 spiro atoms. The van der Waals surface area contributed by atoms with Gasteiger partial charge in [-0.3, -0.25) is 4.99 Å². The lowest BCUT2D eigenvalue weighted by molar-refractivity contribution is 1.14. The molecule has 13 heavy (non-hydrogen) atoms. The van der Waals surface area contributed by atoms with Crippen LogP contribution < -0.4 is 0 Å². The molecule has 0 amide bonds. The molecule has 0 aliphatic heterocycles. The van der Waals surface area contributed by atoms with Gasteiger partial charge >= 0.3 is 0 Å². The van der Waals surface area contributed by atoms with Crippen LogP contribution in [0.25, 0.3) is 0 Å². The van der Waals surface area contributed by atoms with E-state index in [0.717, 1.165) is 29.3 Å². The van der Waals surface area contributed by atoms with Crippen molar-refractivity contribution in [2.24, 2.45) is 4.99 Å². The van der Waals surface area contributed by atoms with Crippen LogP contribution >= 0.6 is 11.6 Å². The van der Waals surface area contributed by atoms with Crippen LogP contribution in [0.15, 0.2) is 46.4 Å². The molecule has 0 aromatic heterocycles. The molecule has 0 bridgehead atoms. The fourth-order valence-electron chi connectivity index (χ4n) is 1.34. The summed E-state index contributed by atoms with van der Waals surface area (Å²) in [5.41, 5.74) is 1.99. The second-order valence-corrected chi connectivity index (χ2v) is 3.39. The van der Waals surface area contributed by atoms with E-state index in [-0.39, 0.29) is 0 Å². The van der Waals surface area contributed by atoms with Crippen molar-refractivity contribution in [3.63, 3.8) is 0 Å². The molecule has 2 heteroatoms. The third-order valence-corrected chi connectivity index (χ3v) is 2.37. The largest absolute Gasteiger partial charge is 0.252 e. The first-order chi connectivity index (χ1) is 6.36. The van der Waals surface area contributed by atoms with Gasteiger partial charge in [0.2, 0.25) is 0 Å². The molecule has 1 aliphatic rings. The summed E-state index contributed by atoms with van der Waals surface area (Å²) in [5, 5.41) is 0.809. The zero-order valence-electron chi connectivity index (χ0n) is 7.20. The average Bonchev–Trinajstić information content (AvgIpc) is 2.54. The first-order valence-corrected chi connectivity index (χ1v) is 4.73. The molecule has 1 aromatic carbocycles. The van der Waals surface area contributed by atoms with E-state index in [0.29, 0.717) is 0 Å². The molecule has 2 rings (SSSR count). The highest BCUT2D eigenvalue weighted by Crippen LogP contribution is 2.22. The monoisotopic (exact) mass is 191 g/mol. The minimum atomic E-state index is 0.809. The summed E-state index contributed by atoms with van der Waals surface area (Å²) in [6.07, 6.45) is 4.00. The molecular weight excluding hydrogens is 182 g/mol. The van der Waals surface area contributed by atoms with E-state index in [1.807, 2.05) is 36.4 Å². The molecule has 0 N–H and O–H groups in total. The summed E-state index contributed by atoms with van der Waals surface area (Å²) in [4.78, 5) is 4.46. The van der Waals surface area contributed by atoms with Crippen molar-refractivity contribution < 1.29 is 0 Å². The van der Waals surface area contributed by atoms with E-state index in [4.69, 9.17) is 11.6 Å². The van der Waals surface area contributed by atoms with Crippen molar-refractivity contribution in [1.29, 1.82) is 0 Å². The fraction of sp³-hybridized carbons (Fsp3) is 0.182. The number of rotatable bonds is 1. The first-order valence-electron chi connectivity index (χ1n) is 4.35. The Balaban J connectivity index is 2.26. The molecule has 0 saturated carbocycles. The summed E-state index contributed by atoms with van der Waals surface area (Å²) in [6.45, 7) is 0. The van der Waals surface area contributed by atoms with Crippen molar-refractivity contribution in [3.05, 3.63) is 41.4 Å². The third kappa shape index (κ3) is 1.99. The van der Waals surface area contributed by atoms with E-state index < -0.39 is 0 Å². The molecule has 0 radical (unpaired) electrons. The van der Waals surface area contributed by atoms with E-state index >= 15 is 0 Å². The number of hydrogen-bond donors (Lipinski definition) is 0. The van der Waals surface area contributed by atoms with E-state index in [9.17, 15) is 0 Å². The topological polar surface area (TPSA) is 12.4 Å². The molecule has 66 valence electrons. The Morgan fingerprint density at radius 1 is 1.15 bits per heavy atom. The summed E-state index contributed by atoms with van der Waals surface area (Å²) < 4.78 is 0. The molecule has 0 saturated heterocycles. The van der Waals surface area contributed by atoms with Gasteiger partial charge in [0.1, 0.15) is 0 Å². The number of hydrogen-bond acceptors (Lipinski definition) is 1. The number of para-hydroxylation sites is 1. The van der Waals surface area contributed by atoms with Gasteiger partial charge in [0, 0.05) is 0 Å². The van der Waals surface area contributed by atoms with E-state index in [2.05, 4.69) is 4.99 Å². The van der Waals surface area contributed by atoms with Crippen LogP contribution in [0.1, 0.15) is 12.8 Å². The van der Waals surface area contributed by atoms with Gasteiger partial charge in [-0.2, -0.15) is 0 Å². The predicted octanol–water partition coefficient (Wildman–Crippen LogP) is 3.68. The molecule has 1 aliphatic carbocycles. The molecule has 1 aromatic rings. The standard InChI is InChI=1S/C11H10ClN/c12-10-7-4-8-11(10)13-9-5-2-1-3-6-9/h1-3,5-7H,4,8H2. The zero-order valence-corrected chi connectivity index (χ0v) is 7.96. The highest BCUT2D eigenvalue weighted by atomic mass is 35.5. The Hall–Kier alpha value is -1.08. The van der Waals surface area contributed by atoms with Crippen molar-refractivity contribution in [1.82, 2.24) is 0 Å². The van der Waals surface area contributed by atoms with Gasteiger partial charge in [-0.05, 0) is 25.0 Å². The van der Waals surface area contributed by atoms with Crippen LogP contribution in [0.5, 0.6) is 0 Å². The normalized spacial score (nSPS) is 19.2. The first kappa shape index (κ1) is 8.52. The zero-order chi connectivity index (χ0) is 9.10. The van der Waals surface area contributed by atoms with Gasteiger partial charge in [-0.1, -0.05) is 35.9 Å². The van der Waals surface area contributed by atoms with Gasteiger partial charge in [0.15, 0.2) is 0 Å². The Kier molecular flexibility index (Phi) is 2.46. The lowest BCUT2D eigenvalue weighted by atomic mass is 10.3. The third-order valence-electron chi connectivity index (χ3n) is 2.00. The van der Waals surface area contributed by atoms with Crippen LogP contribution in [0, 0.1) is 0 Å². The van der Waals surface area contributed by atoms with E-state index in [1.165, 1.54) is 0 Å². The summed E-state index contributed by atoms with van der Waals surface area (Å²) in [7, 11) is 0. The minimum absolute atomic E-state index is 0.809. The average molecular weight is 192 g/mol. The van der Waals surface area contributed by atoms with Gasteiger partial charge in [-0.15, -0.1) is 0 Å². The van der Waals surface area contributed by atoms with Gasteiger partial charge in [0.25, 0.3) is 0 Å². The lowest BCUT2D eigenvalue weighted by Crippen LogP contribution is -1.89. The van der Waals surface area contributed by atoms with Crippen molar-refractivity contribution in [2.45, 2.75) is 12.8 Å². The fourth-order valence-corrected chi connectivity index (χ4v) is 1.59. The van der Waals surface area contributed by atoms with Gasteiger partial charge in [0.05, 0.1) is 16.4 Å². The molecule has 0 heterocycles. The summed E-state index contributed by atoms with van der Waals surface area (Å²) >= 11 is 5.96. The number of benzene rings is 1. The Morgan fingerprint density at radius 2 is 1.92 bits per heavy atom. The maximum atomic E-state index is 5.96. The molecule has 0 fully saturated rings. The highest BCUT2D eigenvalue weighted by Gasteiger charge is 2.09. The number of allylic oxidation sites excluding steroid dienone is 2.